The van der Waals surface area contributed by atoms with E-state index in [0.29, 0.717) is 6.20 Å². The number of benzene rings is 1. The van der Waals surface area contributed by atoms with Crippen molar-refractivity contribution in [2.45, 2.75) is 19.6 Å². The van der Waals surface area contributed by atoms with Crippen LogP contribution in [0.2, 0.25) is 6.82 Å². The summed E-state index contributed by atoms with van der Waals surface area (Å²) < 4.78 is 43.4. The second-order valence-electron chi connectivity index (χ2n) is 4.57. The maximum atomic E-state index is 12.7. The van der Waals surface area contributed by atoms with E-state index >= 15 is 0 Å². The lowest BCUT2D eigenvalue weighted by Crippen LogP contribution is -2.30. The number of halogens is 3. The van der Waals surface area contributed by atoms with Gasteiger partial charge in [-0.25, -0.2) is 4.98 Å². The third-order valence-corrected chi connectivity index (χ3v) is 2.87. The molecule has 0 aliphatic carbocycles. The molecule has 0 unspecified atom stereocenters. The molecule has 0 bridgehead atoms. The van der Waals surface area contributed by atoms with Crippen LogP contribution in [0.4, 0.5) is 13.2 Å². The van der Waals surface area contributed by atoms with E-state index in [9.17, 15) is 18.2 Å². The van der Waals surface area contributed by atoms with E-state index in [2.05, 4.69) is 4.98 Å². The summed E-state index contributed by atoms with van der Waals surface area (Å²) in [5.74, 6) is 0.00172. The molecule has 21 heavy (non-hydrogen) atoms. The van der Waals surface area contributed by atoms with Crippen molar-refractivity contribution >= 4 is 12.4 Å². The summed E-state index contributed by atoms with van der Waals surface area (Å²) in [7, 11) is 0. The zero-order valence-corrected chi connectivity index (χ0v) is 11.3. The molecule has 1 aromatic heterocycles. The maximum Gasteiger partial charge on any atom is 0.417 e. The van der Waals surface area contributed by atoms with Crippen LogP contribution in [-0.4, -0.2) is 16.9 Å². The van der Waals surface area contributed by atoms with Gasteiger partial charge >= 0.3 is 13.1 Å². The maximum absolute atomic E-state index is 12.7. The molecule has 0 spiro atoms. The number of aromatic nitrogens is 1. The number of alkyl halides is 3. The number of rotatable bonds is 4. The molecule has 0 fully saturated rings. The Morgan fingerprint density at radius 3 is 2.48 bits per heavy atom. The van der Waals surface area contributed by atoms with Crippen LogP contribution in [0, 0.1) is 0 Å². The van der Waals surface area contributed by atoms with Crippen LogP contribution < -0.4 is 10.2 Å². The fourth-order valence-corrected chi connectivity index (χ4v) is 1.77. The van der Waals surface area contributed by atoms with Crippen LogP contribution in [0.3, 0.4) is 0 Å². The van der Waals surface area contributed by atoms with E-state index in [4.69, 9.17) is 4.74 Å². The van der Waals surface area contributed by atoms with Gasteiger partial charge in [0.25, 0.3) is 0 Å². The Bertz CT molecular complexity index is 603. The molecule has 0 aliphatic rings. The van der Waals surface area contributed by atoms with Crippen LogP contribution >= 0.6 is 0 Å². The van der Waals surface area contributed by atoms with Crippen molar-refractivity contribution in [1.29, 1.82) is 0 Å². The van der Waals surface area contributed by atoms with E-state index in [1.807, 2.05) is 30.3 Å². The van der Waals surface area contributed by atoms with Gasteiger partial charge < -0.3 is 9.76 Å². The Morgan fingerprint density at radius 2 is 1.90 bits per heavy atom. The Balaban J connectivity index is 2.23. The second-order valence-corrected chi connectivity index (χ2v) is 4.57. The van der Waals surface area contributed by atoms with Crippen LogP contribution in [0.15, 0.2) is 42.6 Å². The van der Waals surface area contributed by atoms with Crippen LogP contribution in [0.1, 0.15) is 11.1 Å². The van der Waals surface area contributed by atoms with Crippen LogP contribution in [0.25, 0.3) is 0 Å². The molecule has 2 aromatic rings. The van der Waals surface area contributed by atoms with Crippen molar-refractivity contribution in [3.8, 4) is 5.88 Å². The number of nitrogens with zero attached hydrogens (tertiary/aromatic N) is 1. The highest BCUT2D eigenvalue weighted by Gasteiger charge is 2.32. The molecule has 0 atom stereocenters. The standard InChI is InChI=1S/C14H13BF3NO2/c1-15(20)12-7-11(14(16,17)18)8-19-13(12)21-9-10-5-3-2-4-6-10/h2-8,20H,9H2,1H3. The fraction of sp³-hybridized carbons (Fsp3) is 0.214. The summed E-state index contributed by atoms with van der Waals surface area (Å²) in [6, 6.07) is 10.0. The molecule has 110 valence electrons. The SMILES string of the molecule is CB(O)c1cc(C(F)(F)F)cnc1OCc1ccccc1. The fourth-order valence-electron chi connectivity index (χ4n) is 1.77. The van der Waals surface area contributed by atoms with E-state index in [1.54, 1.807) is 0 Å². The summed E-state index contributed by atoms with van der Waals surface area (Å²) in [5.41, 5.74) is -0.0399. The zero-order chi connectivity index (χ0) is 15.5. The van der Waals surface area contributed by atoms with Gasteiger partial charge in [0, 0.05) is 11.7 Å². The van der Waals surface area contributed by atoms with Crippen molar-refractivity contribution < 1.29 is 22.9 Å². The first kappa shape index (κ1) is 15.4. The largest absolute Gasteiger partial charge is 0.473 e. The highest BCUT2D eigenvalue weighted by molar-refractivity contribution is 6.65. The summed E-state index contributed by atoms with van der Waals surface area (Å²) in [5, 5.41) is 9.60. The van der Waals surface area contributed by atoms with Gasteiger partial charge in [-0.3, -0.25) is 0 Å². The van der Waals surface area contributed by atoms with Gasteiger partial charge in [-0.05, 0) is 11.6 Å². The summed E-state index contributed by atoms with van der Waals surface area (Å²) in [6.45, 7) is 0.427. The third kappa shape index (κ3) is 3.98. The van der Waals surface area contributed by atoms with E-state index in [-0.39, 0.29) is 17.9 Å². The molecular formula is C14H13BF3NO2. The van der Waals surface area contributed by atoms with Crippen LogP contribution in [-0.2, 0) is 12.8 Å². The summed E-state index contributed by atoms with van der Waals surface area (Å²) in [6.07, 6.45) is -3.80. The molecule has 0 amide bonds. The molecule has 1 aromatic carbocycles. The Labute approximate surface area is 120 Å². The minimum Gasteiger partial charge on any atom is -0.473 e. The molecule has 1 N–H and O–H groups in total. The number of ether oxygens (including phenoxy) is 1. The van der Waals surface area contributed by atoms with Crippen molar-refractivity contribution in [2.75, 3.05) is 0 Å². The van der Waals surface area contributed by atoms with Crippen LogP contribution in [0.5, 0.6) is 5.88 Å². The molecule has 3 nitrogen and oxygen atoms in total. The summed E-state index contributed by atoms with van der Waals surface area (Å²) >= 11 is 0. The van der Waals surface area contributed by atoms with E-state index in [1.165, 1.54) is 6.82 Å². The topological polar surface area (TPSA) is 42.4 Å². The van der Waals surface area contributed by atoms with Crippen molar-refractivity contribution in [3.63, 3.8) is 0 Å². The number of hydrogen-bond donors (Lipinski definition) is 1. The molecule has 0 radical (unpaired) electrons. The Morgan fingerprint density at radius 1 is 1.24 bits per heavy atom. The average Bonchev–Trinajstić information content (AvgIpc) is 2.45. The smallest absolute Gasteiger partial charge is 0.417 e. The molecule has 0 saturated carbocycles. The monoisotopic (exact) mass is 295 g/mol. The quantitative estimate of drug-likeness (QED) is 0.881. The zero-order valence-electron chi connectivity index (χ0n) is 11.3. The summed E-state index contributed by atoms with van der Waals surface area (Å²) in [4.78, 5) is 3.68. The third-order valence-electron chi connectivity index (χ3n) is 2.87. The van der Waals surface area contributed by atoms with Crippen molar-refractivity contribution in [1.82, 2.24) is 4.98 Å². The van der Waals surface area contributed by atoms with Gasteiger partial charge in [0.1, 0.15) is 6.61 Å². The minimum atomic E-state index is -4.51. The highest BCUT2D eigenvalue weighted by Crippen LogP contribution is 2.28. The normalized spacial score (nSPS) is 11.3. The van der Waals surface area contributed by atoms with Gasteiger partial charge in [-0.15, -0.1) is 0 Å². The van der Waals surface area contributed by atoms with Gasteiger partial charge in [0.05, 0.1) is 5.56 Å². The predicted octanol–water partition coefficient (Wildman–Crippen LogP) is 2.50. The lowest BCUT2D eigenvalue weighted by molar-refractivity contribution is -0.137. The van der Waals surface area contributed by atoms with E-state index in [0.717, 1.165) is 11.6 Å². The first-order chi connectivity index (χ1) is 9.88. The second kappa shape index (κ2) is 6.18. The molecule has 0 aliphatic heterocycles. The van der Waals surface area contributed by atoms with Crippen molar-refractivity contribution in [2.24, 2.45) is 0 Å². The lowest BCUT2D eigenvalue weighted by atomic mass is 9.64. The van der Waals surface area contributed by atoms with Gasteiger partial charge in [-0.2, -0.15) is 13.2 Å². The van der Waals surface area contributed by atoms with Crippen molar-refractivity contribution in [3.05, 3.63) is 53.7 Å². The number of pyridine rings is 1. The lowest BCUT2D eigenvalue weighted by Gasteiger charge is -2.14. The predicted molar refractivity (Wildman–Crippen MR) is 73.5 cm³/mol. The number of hydrogen-bond acceptors (Lipinski definition) is 3. The molecule has 7 heteroatoms. The molecule has 0 saturated heterocycles. The molecule has 2 rings (SSSR count). The molecule has 1 heterocycles. The average molecular weight is 295 g/mol. The van der Waals surface area contributed by atoms with E-state index < -0.39 is 18.7 Å². The first-order valence-corrected chi connectivity index (χ1v) is 6.30. The first-order valence-electron chi connectivity index (χ1n) is 6.30. The van der Waals surface area contributed by atoms with Gasteiger partial charge in [0.2, 0.25) is 5.88 Å². The Hall–Kier alpha value is -2.02. The minimum absolute atomic E-state index is 0.00172. The van der Waals surface area contributed by atoms with Gasteiger partial charge in [0.15, 0.2) is 0 Å². The van der Waals surface area contributed by atoms with Gasteiger partial charge in [-0.1, -0.05) is 37.2 Å². The highest BCUT2D eigenvalue weighted by atomic mass is 19.4. The Kier molecular flexibility index (Phi) is 4.52. The molecular weight excluding hydrogens is 282 g/mol.